The molecule has 0 aliphatic carbocycles. The van der Waals surface area contributed by atoms with Gasteiger partial charge in [-0.05, 0) is 29.6 Å². The van der Waals surface area contributed by atoms with Crippen LogP contribution in [0.25, 0.3) is 10.4 Å². The molecule has 0 N–H and O–H groups in total. The summed E-state index contributed by atoms with van der Waals surface area (Å²) in [5.74, 6) is 0.216. The fraction of sp³-hybridized carbons (Fsp3) is 0.0833. The highest BCUT2D eigenvalue weighted by Gasteiger charge is 2.12. The Hall–Kier alpha value is -1.68. The van der Waals surface area contributed by atoms with Crippen LogP contribution >= 0.6 is 11.3 Å². The van der Waals surface area contributed by atoms with Gasteiger partial charge in [-0.1, -0.05) is 0 Å². The molecule has 1 aromatic carbocycles. The van der Waals surface area contributed by atoms with Crippen molar-refractivity contribution in [3.8, 4) is 16.2 Å². The Morgan fingerprint density at radius 2 is 2.19 bits per heavy atom. The molecule has 1 aromatic heterocycles. The summed E-state index contributed by atoms with van der Waals surface area (Å²) in [5, 5.41) is 1.76. The molecule has 0 spiro atoms. The van der Waals surface area contributed by atoms with Crippen molar-refractivity contribution in [2.45, 2.75) is 0 Å². The van der Waals surface area contributed by atoms with Crippen LogP contribution in [0, 0.1) is 5.82 Å². The van der Waals surface area contributed by atoms with E-state index >= 15 is 0 Å². The summed E-state index contributed by atoms with van der Waals surface area (Å²) < 4.78 is 18.7. The average Bonchev–Trinajstić information content (AvgIpc) is 2.77. The number of thiophene rings is 1. The van der Waals surface area contributed by atoms with Crippen molar-refractivity contribution in [3.05, 3.63) is 41.0 Å². The van der Waals surface area contributed by atoms with Gasteiger partial charge in [0.2, 0.25) is 0 Å². The van der Waals surface area contributed by atoms with Gasteiger partial charge < -0.3 is 4.74 Å². The molecule has 16 heavy (non-hydrogen) atoms. The average molecular weight is 236 g/mol. The minimum absolute atomic E-state index is 0.355. The maximum Gasteiger partial charge on any atom is 0.151 e. The number of hydrogen-bond acceptors (Lipinski definition) is 3. The predicted molar refractivity (Wildman–Crippen MR) is 61.7 cm³/mol. The number of hydrogen-bond donors (Lipinski definition) is 0. The van der Waals surface area contributed by atoms with Crippen molar-refractivity contribution in [2.24, 2.45) is 0 Å². The van der Waals surface area contributed by atoms with Crippen LogP contribution < -0.4 is 4.74 Å². The molecule has 1 heterocycles. The van der Waals surface area contributed by atoms with Gasteiger partial charge in [0.05, 0.1) is 7.11 Å². The first-order valence-electron chi connectivity index (χ1n) is 4.63. The second-order valence-corrected chi connectivity index (χ2v) is 4.08. The van der Waals surface area contributed by atoms with Gasteiger partial charge in [-0.25, -0.2) is 4.39 Å². The van der Waals surface area contributed by atoms with Crippen LogP contribution in [-0.2, 0) is 0 Å². The van der Waals surface area contributed by atoms with Crippen molar-refractivity contribution in [1.82, 2.24) is 0 Å². The molecule has 0 fully saturated rings. The topological polar surface area (TPSA) is 26.3 Å². The van der Waals surface area contributed by atoms with E-state index in [2.05, 4.69) is 0 Å². The third-order valence-electron chi connectivity index (χ3n) is 2.24. The van der Waals surface area contributed by atoms with Crippen molar-refractivity contribution >= 4 is 17.6 Å². The molecular weight excluding hydrogens is 227 g/mol. The second kappa shape index (κ2) is 4.45. The molecule has 0 saturated heterocycles. The van der Waals surface area contributed by atoms with E-state index < -0.39 is 0 Å². The van der Waals surface area contributed by atoms with Gasteiger partial charge in [-0.15, -0.1) is 11.3 Å². The molecule has 2 aromatic rings. The van der Waals surface area contributed by atoms with Crippen LogP contribution in [0.3, 0.4) is 0 Å². The highest BCUT2D eigenvalue weighted by Crippen LogP contribution is 2.33. The van der Waals surface area contributed by atoms with Crippen molar-refractivity contribution in [1.29, 1.82) is 0 Å². The van der Waals surface area contributed by atoms with Crippen LogP contribution in [0.15, 0.2) is 29.6 Å². The smallest absolute Gasteiger partial charge is 0.151 e. The molecule has 0 atom stereocenters. The van der Waals surface area contributed by atoms with E-state index in [0.29, 0.717) is 21.8 Å². The predicted octanol–water partition coefficient (Wildman–Crippen LogP) is 3.38. The number of methoxy groups -OCH3 is 1. The number of halogens is 1. The molecule has 0 radical (unpaired) electrons. The zero-order valence-corrected chi connectivity index (χ0v) is 9.38. The van der Waals surface area contributed by atoms with Gasteiger partial charge in [0.15, 0.2) is 6.29 Å². The monoisotopic (exact) mass is 236 g/mol. The Morgan fingerprint density at radius 3 is 2.88 bits per heavy atom. The maximum atomic E-state index is 13.6. The summed E-state index contributed by atoms with van der Waals surface area (Å²) in [5.41, 5.74) is 0.897. The third-order valence-corrected chi connectivity index (χ3v) is 3.20. The number of carbonyl (C=O) groups is 1. The van der Waals surface area contributed by atoms with Gasteiger partial charge in [0.1, 0.15) is 11.6 Å². The van der Waals surface area contributed by atoms with E-state index in [1.165, 1.54) is 24.5 Å². The molecule has 82 valence electrons. The van der Waals surface area contributed by atoms with Crippen LogP contribution in [-0.4, -0.2) is 13.4 Å². The summed E-state index contributed by atoms with van der Waals surface area (Å²) in [7, 11) is 1.52. The van der Waals surface area contributed by atoms with Crippen molar-refractivity contribution < 1.29 is 13.9 Å². The Morgan fingerprint density at radius 1 is 1.38 bits per heavy atom. The third kappa shape index (κ3) is 1.84. The number of carbonyl (C=O) groups excluding carboxylic acids is 1. The van der Waals surface area contributed by atoms with Crippen LogP contribution in [0.2, 0.25) is 0 Å². The second-order valence-electron chi connectivity index (χ2n) is 3.17. The first kappa shape index (κ1) is 10.8. The number of benzene rings is 1. The zero-order chi connectivity index (χ0) is 11.5. The summed E-state index contributed by atoms with van der Waals surface area (Å²) in [6, 6.07) is 6.15. The lowest BCUT2D eigenvalue weighted by atomic mass is 10.1. The SMILES string of the molecule is COc1ccc(F)c(-c2sccc2C=O)c1. The highest BCUT2D eigenvalue weighted by molar-refractivity contribution is 7.14. The first-order valence-corrected chi connectivity index (χ1v) is 5.51. The van der Waals surface area contributed by atoms with E-state index in [9.17, 15) is 9.18 Å². The van der Waals surface area contributed by atoms with Crippen molar-refractivity contribution in [2.75, 3.05) is 7.11 Å². The summed E-state index contributed by atoms with van der Waals surface area (Å²) >= 11 is 1.33. The number of ether oxygens (including phenoxy) is 1. The van der Waals surface area contributed by atoms with Crippen molar-refractivity contribution in [3.63, 3.8) is 0 Å². The molecule has 4 heteroatoms. The lowest BCUT2D eigenvalue weighted by Gasteiger charge is -2.05. The molecule has 0 unspecified atom stereocenters. The Balaban J connectivity index is 2.58. The molecule has 0 saturated carbocycles. The van der Waals surface area contributed by atoms with Gasteiger partial charge in [0.25, 0.3) is 0 Å². The first-order chi connectivity index (χ1) is 7.76. The Labute approximate surface area is 96.3 Å². The fourth-order valence-electron chi connectivity index (χ4n) is 1.44. The normalized spacial score (nSPS) is 10.1. The lowest BCUT2D eigenvalue weighted by Crippen LogP contribution is -1.88. The van der Waals surface area contributed by atoms with E-state index in [-0.39, 0.29) is 5.82 Å². The minimum atomic E-state index is -0.355. The van der Waals surface area contributed by atoms with E-state index in [1.807, 2.05) is 0 Å². The molecule has 2 nitrogen and oxygen atoms in total. The van der Waals surface area contributed by atoms with Crippen LogP contribution in [0.4, 0.5) is 4.39 Å². The molecular formula is C12H9FO2S. The Kier molecular flexibility index (Phi) is 3.01. The summed E-state index contributed by atoms with van der Waals surface area (Å²) in [6.07, 6.45) is 0.727. The number of rotatable bonds is 3. The van der Waals surface area contributed by atoms with Crippen LogP contribution in [0.1, 0.15) is 10.4 Å². The molecule has 0 bridgehead atoms. The quantitative estimate of drug-likeness (QED) is 0.764. The molecule has 0 aliphatic heterocycles. The van der Waals surface area contributed by atoms with E-state index in [4.69, 9.17) is 4.74 Å². The van der Waals surface area contributed by atoms with Crippen LogP contribution in [0.5, 0.6) is 5.75 Å². The van der Waals surface area contributed by atoms with Gasteiger partial charge in [0, 0.05) is 16.0 Å². The standard InChI is InChI=1S/C12H9FO2S/c1-15-9-2-3-11(13)10(6-9)12-8(7-14)4-5-16-12/h2-7H,1H3. The highest BCUT2D eigenvalue weighted by atomic mass is 32.1. The largest absolute Gasteiger partial charge is 0.497 e. The molecule has 0 aliphatic rings. The zero-order valence-electron chi connectivity index (χ0n) is 8.57. The number of aldehydes is 1. The maximum absolute atomic E-state index is 13.6. The van der Waals surface area contributed by atoms with Gasteiger partial charge >= 0.3 is 0 Å². The van der Waals surface area contributed by atoms with E-state index in [1.54, 1.807) is 23.6 Å². The van der Waals surface area contributed by atoms with Gasteiger partial charge in [-0.3, -0.25) is 4.79 Å². The molecule has 2 rings (SSSR count). The van der Waals surface area contributed by atoms with Gasteiger partial charge in [-0.2, -0.15) is 0 Å². The van der Waals surface area contributed by atoms with E-state index in [0.717, 1.165) is 6.29 Å². The fourth-order valence-corrected chi connectivity index (χ4v) is 2.32. The minimum Gasteiger partial charge on any atom is -0.497 e. The summed E-state index contributed by atoms with van der Waals surface area (Å²) in [6.45, 7) is 0. The molecule has 0 amide bonds. The Bertz CT molecular complexity index is 519. The summed E-state index contributed by atoms with van der Waals surface area (Å²) in [4.78, 5) is 11.4. The lowest BCUT2D eigenvalue weighted by molar-refractivity contribution is 0.112.